The minimum atomic E-state index is 0.188. The van der Waals surface area contributed by atoms with E-state index in [0.717, 1.165) is 30.9 Å². The van der Waals surface area contributed by atoms with Gasteiger partial charge < -0.3 is 14.8 Å². The van der Waals surface area contributed by atoms with Gasteiger partial charge >= 0.3 is 0 Å². The Hall–Kier alpha value is -1.06. The Morgan fingerprint density at radius 1 is 1.21 bits per heavy atom. The molecule has 3 heteroatoms. The lowest BCUT2D eigenvalue weighted by Crippen LogP contribution is -2.26. The van der Waals surface area contributed by atoms with Gasteiger partial charge in [-0.25, -0.2) is 0 Å². The van der Waals surface area contributed by atoms with E-state index in [-0.39, 0.29) is 6.04 Å². The quantitative estimate of drug-likeness (QED) is 0.694. The summed E-state index contributed by atoms with van der Waals surface area (Å²) in [6.07, 6.45) is 1.10. The van der Waals surface area contributed by atoms with Crippen molar-refractivity contribution in [2.24, 2.45) is 5.92 Å². The molecular weight excluding hydrogens is 238 g/mol. The van der Waals surface area contributed by atoms with Gasteiger partial charge in [-0.2, -0.15) is 0 Å². The minimum absolute atomic E-state index is 0.188. The van der Waals surface area contributed by atoms with E-state index < -0.39 is 0 Å². The summed E-state index contributed by atoms with van der Waals surface area (Å²) < 4.78 is 11.2. The van der Waals surface area contributed by atoms with E-state index in [2.05, 4.69) is 32.2 Å². The highest BCUT2D eigenvalue weighted by molar-refractivity contribution is 5.35. The average Bonchev–Trinajstić information content (AvgIpc) is 2.42. The van der Waals surface area contributed by atoms with Crippen molar-refractivity contribution in [1.29, 1.82) is 0 Å². The number of likely N-dealkylation sites (N-methyl/N-ethyl adjacent to an activating group) is 1. The lowest BCUT2D eigenvalue weighted by Gasteiger charge is -2.21. The highest BCUT2D eigenvalue weighted by atomic mass is 16.5. The van der Waals surface area contributed by atoms with Gasteiger partial charge in [0.25, 0.3) is 0 Å². The Bertz CT molecular complexity index is 352. The first-order chi connectivity index (χ1) is 9.19. The highest BCUT2D eigenvalue weighted by Gasteiger charge is 2.14. The molecule has 0 saturated carbocycles. The van der Waals surface area contributed by atoms with Crippen LogP contribution in [-0.4, -0.2) is 26.9 Å². The van der Waals surface area contributed by atoms with Crippen LogP contribution in [0.1, 0.15) is 38.8 Å². The van der Waals surface area contributed by atoms with Gasteiger partial charge in [-0.15, -0.1) is 0 Å². The van der Waals surface area contributed by atoms with Crippen LogP contribution in [0.3, 0.4) is 0 Å². The van der Waals surface area contributed by atoms with Crippen molar-refractivity contribution in [3.05, 3.63) is 29.8 Å². The number of hydrogen-bond acceptors (Lipinski definition) is 3. The molecule has 0 fully saturated rings. The molecule has 108 valence electrons. The first-order valence-corrected chi connectivity index (χ1v) is 7.13. The molecule has 1 N–H and O–H groups in total. The van der Waals surface area contributed by atoms with E-state index in [0.29, 0.717) is 12.5 Å². The van der Waals surface area contributed by atoms with Gasteiger partial charge in [0.05, 0.1) is 19.8 Å². The summed E-state index contributed by atoms with van der Waals surface area (Å²) in [5.74, 6) is 1.60. The second-order valence-electron chi connectivity index (χ2n) is 5.11. The third-order valence-corrected chi connectivity index (χ3v) is 3.09. The van der Waals surface area contributed by atoms with Crippen LogP contribution in [0.2, 0.25) is 0 Å². The lowest BCUT2D eigenvalue weighted by molar-refractivity contribution is 0.102. The molecule has 0 heterocycles. The molecule has 1 unspecified atom stereocenters. The summed E-state index contributed by atoms with van der Waals surface area (Å²) in [4.78, 5) is 0. The summed E-state index contributed by atoms with van der Waals surface area (Å²) >= 11 is 0. The van der Waals surface area contributed by atoms with Crippen LogP contribution < -0.4 is 10.1 Å². The zero-order valence-corrected chi connectivity index (χ0v) is 12.6. The molecule has 0 aliphatic heterocycles. The first-order valence-electron chi connectivity index (χ1n) is 7.13. The van der Waals surface area contributed by atoms with Gasteiger partial charge in [0.1, 0.15) is 5.75 Å². The van der Waals surface area contributed by atoms with E-state index in [1.54, 1.807) is 7.11 Å². The molecule has 1 aromatic carbocycles. The molecule has 0 radical (unpaired) electrons. The number of nitrogens with one attached hydrogen (secondary N) is 1. The lowest BCUT2D eigenvalue weighted by atomic mass is 10.1. The zero-order chi connectivity index (χ0) is 14.1. The molecule has 0 aromatic heterocycles. The predicted octanol–water partition coefficient (Wildman–Crippen LogP) is 3.41. The summed E-state index contributed by atoms with van der Waals surface area (Å²) in [6.45, 7) is 8.94. The Morgan fingerprint density at radius 2 is 1.95 bits per heavy atom. The van der Waals surface area contributed by atoms with Crippen molar-refractivity contribution < 1.29 is 9.47 Å². The normalized spacial score (nSPS) is 12.7. The van der Waals surface area contributed by atoms with E-state index in [1.807, 2.05) is 18.2 Å². The molecule has 1 rings (SSSR count). The van der Waals surface area contributed by atoms with Crippen molar-refractivity contribution in [2.75, 3.05) is 26.9 Å². The Balaban J connectivity index is 2.60. The molecule has 0 spiro atoms. The summed E-state index contributed by atoms with van der Waals surface area (Å²) in [6, 6.07) is 8.31. The molecule has 0 aliphatic carbocycles. The van der Waals surface area contributed by atoms with E-state index in [4.69, 9.17) is 9.47 Å². The van der Waals surface area contributed by atoms with Crippen LogP contribution in [-0.2, 0) is 4.74 Å². The number of benzene rings is 1. The molecule has 0 bridgehead atoms. The van der Waals surface area contributed by atoms with Gasteiger partial charge in [-0.1, -0.05) is 39.0 Å². The third-order valence-electron chi connectivity index (χ3n) is 3.09. The Kier molecular flexibility index (Phi) is 7.53. The predicted molar refractivity (Wildman–Crippen MR) is 79.7 cm³/mol. The van der Waals surface area contributed by atoms with Crippen molar-refractivity contribution in [3.8, 4) is 5.75 Å². The fourth-order valence-electron chi connectivity index (χ4n) is 1.98. The monoisotopic (exact) mass is 265 g/mol. The third kappa shape index (κ3) is 5.62. The maximum Gasteiger partial charge on any atom is 0.123 e. The van der Waals surface area contributed by atoms with Gasteiger partial charge in [0.15, 0.2) is 0 Å². The fourth-order valence-corrected chi connectivity index (χ4v) is 1.98. The van der Waals surface area contributed by atoms with Crippen LogP contribution in [0, 0.1) is 5.92 Å². The molecule has 1 aromatic rings. The maximum absolute atomic E-state index is 5.80. The molecular formula is C16H27NO2. The zero-order valence-electron chi connectivity index (χ0n) is 12.6. The van der Waals surface area contributed by atoms with Gasteiger partial charge in [-0.3, -0.25) is 0 Å². The Morgan fingerprint density at radius 3 is 2.58 bits per heavy atom. The van der Waals surface area contributed by atoms with Gasteiger partial charge in [0, 0.05) is 12.2 Å². The van der Waals surface area contributed by atoms with E-state index >= 15 is 0 Å². The van der Waals surface area contributed by atoms with Crippen LogP contribution in [0.4, 0.5) is 0 Å². The van der Waals surface area contributed by atoms with Gasteiger partial charge in [0.2, 0.25) is 0 Å². The summed E-state index contributed by atoms with van der Waals surface area (Å²) in [5.41, 5.74) is 1.16. The second-order valence-corrected chi connectivity index (χ2v) is 5.11. The standard InChI is InChI=1S/C16H27NO2/c1-5-17-15(12-19-11-10-13(2)3)14-8-6-7-9-16(14)18-4/h6-9,13,15,17H,5,10-12H2,1-4H3. The highest BCUT2D eigenvalue weighted by Crippen LogP contribution is 2.25. The molecule has 1 atom stereocenters. The number of ether oxygens (including phenoxy) is 2. The van der Waals surface area contributed by atoms with Crippen LogP contribution in [0.25, 0.3) is 0 Å². The smallest absolute Gasteiger partial charge is 0.123 e. The van der Waals surface area contributed by atoms with Crippen LogP contribution in [0.15, 0.2) is 24.3 Å². The first kappa shape index (κ1) is 16.0. The minimum Gasteiger partial charge on any atom is -0.496 e. The average molecular weight is 265 g/mol. The summed E-state index contributed by atoms with van der Waals surface area (Å²) in [5, 5.41) is 3.46. The number of rotatable bonds is 9. The molecule has 0 saturated heterocycles. The molecule has 3 nitrogen and oxygen atoms in total. The molecule has 19 heavy (non-hydrogen) atoms. The fraction of sp³-hybridized carbons (Fsp3) is 0.625. The molecule has 0 amide bonds. The number of para-hydroxylation sites is 1. The number of hydrogen-bond donors (Lipinski definition) is 1. The second kappa shape index (κ2) is 8.94. The SMILES string of the molecule is CCNC(COCCC(C)C)c1ccccc1OC. The van der Waals surface area contributed by atoms with Crippen molar-refractivity contribution >= 4 is 0 Å². The van der Waals surface area contributed by atoms with Crippen molar-refractivity contribution in [1.82, 2.24) is 5.32 Å². The van der Waals surface area contributed by atoms with Crippen LogP contribution in [0.5, 0.6) is 5.75 Å². The maximum atomic E-state index is 5.80. The number of methoxy groups -OCH3 is 1. The summed E-state index contributed by atoms with van der Waals surface area (Å²) in [7, 11) is 1.71. The van der Waals surface area contributed by atoms with Crippen LogP contribution >= 0.6 is 0 Å². The topological polar surface area (TPSA) is 30.5 Å². The Labute approximate surface area is 117 Å². The van der Waals surface area contributed by atoms with Gasteiger partial charge in [-0.05, 0) is 24.9 Å². The van der Waals surface area contributed by atoms with Crippen molar-refractivity contribution in [2.45, 2.75) is 33.2 Å². The van der Waals surface area contributed by atoms with Crippen molar-refractivity contribution in [3.63, 3.8) is 0 Å². The van der Waals surface area contributed by atoms with E-state index in [1.165, 1.54) is 0 Å². The van der Waals surface area contributed by atoms with E-state index in [9.17, 15) is 0 Å². The molecule has 0 aliphatic rings. The largest absolute Gasteiger partial charge is 0.496 e.